The van der Waals surface area contributed by atoms with Crippen LogP contribution in [0.1, 0.15) is 0 Å². The normalized spacial score (nSPS) is 9.00. The maximum atomic E-state index is 7.65. The van der Waals surface area contributed by atoms with Crippen LogP contribution in [0.4, 0.5) is 0 Å². The third-order valence-electron chi connectivity index (χ3n) is 0. The lowest BCUT2D eigenvalue weighted by atomic mass is 11.6. The van der Waals surface area contributed by atoms with E-state index in [2.05, 4.69) is 11.8 Å². The van der Waals surface area contributed by atoms with E-state index in [9.17, 15) is 0 Å². The molecule has 0 fully saturated rings. The molecule has 1 N–H and O–H groups in total. The Kier molecular flexibility index (Phi) is 1.60. The van der Waals surface area contributed by atoms with Gasteiger partial charge in [-0.1, -0.05) is 0 Å². The molecule has 0 saturated heterocycles. The molecule has 0 heterocycles. The summed E-state index contributed by atoms with van der Waals surface area (Å²) in [6.45, 7) is 0. The second-order valence-electron chi connectivity index (χ2n) is 0.445. The quantitative estimate of drug-likeness (QED) is 0.338. The van der Waals surface area contributed by atoms with E-state index in [4.69, 9.17) is 5.21 Å². The van der Waals surface area contributed by atoms with Gasteiger partial charge in [-0.2, -0.15) is 0 Å². The second kappa shape index (κ2) is 1.52. The molecule has 0 atom stereocenters. The summed E-state index contributed by atoms with van der Waals surface area (Å²) >= 11 is 4.66. The Balaban J connectivity index is 2.32. The molecule has 0 amide bonds. The van der Waals surface area contributed by atoms with Gasteiger partial charge in [0.1, 0.15) is 0 Å². The molecule has 0 aliphatic rings. The molecule has 0 spiro atoms. The molecule has 0 aromatic carbocycles. The molecule has 0 radical (unpaired) electrons. The zero-order chi connectivity index (χ0) is 3.58. The third-order valence-corrected chi connectivity index (χ3v) is 0. The second-order valence-corrected chi connectivity index (χ2v) is 0.934. The van der Waals surface area contributed by atoms with Gasteiger partial charge in [0.25, 0.3) is 0 Å². The van der Waals surface area contributed by atoms with Crippen LogP contribution in [0.15, 0.2) is 0 Å². The van der Waals surface area contributed by atoms with E-state index in [0.29, 0.717) is 4.58 Å². The van der Waals surface area contributed by atoms with Gasteiger partial charge >= 0.3 is 0 Å². The molecule has 0 saturated carbocycles. The monoisotopic (exact) mass is 81.0 g/mol. The number of rotatable bonds is 0. The molecule has 0 aromatic heterocycles. The van der Waals surface area contributed by atoms with Crippen molar-refractivity contribution in [3.05, 3.63) is 0 Å². The maximum Gasteiger partial charge on any atom is 0.0293 e. The summed E-state index contributed by atoms with van der Waals surface area (Å²) in [4.78, 5) is 0. The summed E-state index contributed by atoms with van der Waals surface area (Å²) < 4.78 is 0.472. The Morgan fingerprint density at radius 3 is 2.00 bits per heavy atom. The summed E-state index contributed by atoms with van der Waals surface area (Å²) in [7, 11) is 1.32. The summed E-state index contributed by atoms with van der Waals surface area (Å²) in [5.41, 5.74) is 0. The first-order valence-corrected chi connectivity index (χ1v) is 1.15. The molecule has 3 heteroatoms. The van der Waals surface area contributed by atoms with E-state index >= 15 is 0 Å². The van der Waals surface area contributed by atoms with E-state index in [1.807, 2.05) is 0 Å². The minimum Gasteiger partial charge on any atom is -0.299 e. The Labute approximate surface area is 29.7 Å². The van der Waals surface area contributed by atoms with Crippen molar-refractivity contribution in [2.75, 3.05) is 7.05 Å². The molecule has 0 unspecified atom stereocenters. The van der Waals surface area contributed by atoms with E-state index in [-0.39, 0.29) is 0 Å². The molecule has 0 aliphatic carbocycles. The van der Waals surface area contributed by atoms with Gasteiger partial charge in [0.15, 0.2) is 0 Å². The van der Waals surface area contributed by atoms with Gasteiger partial charge in [-0.05, 0) is 0 Å². The molecule has 4 heavy (non-hydrogen) atoms. The molecule has 0 rings (SSSR count). The average molecular weight is 81.5 g/mol. The fraction of sp³-hybridized carbons (Fsp3) is 1.00. The summed E-state index contributed by atoms with van der Waals surface area (Å²) in [5, 5.41) is 7.65. The first-order valence-electron chi connectivity index (χ1n) is 0.816. The van der Waals surface area contributed by atoms with E-state index < -0.39 is 0 Å². The summed E-state index contributed by atoms with van der Waals surface area (Å²) in [6.07, 6.45) is 0. The highest BCUT2D eigenvalue weighted by Crippen LogP contribution is 1.70. The van der Waals surface area contributed by atoms with Crippen molar-refractivity contribution in [1.29, 1.82) is 0 Å². The Morgan fingerprint density at radius 1 is 2.00 bits per heavy atom. The first-order chi connectivity index (χ1) is 1.73. The van der Waals surface area contributed by atoms with Gasteiger partial charge in [-0.25, -0.2) is 0 Å². The van der Waals surface area contributed by atoms with Crippen LogP contribution >= 0.6 is 11.8 Å². The fourth-order valence-electron chi connectivity index (χ4n) is 0. The van der Waals surface area contributed by atoms with Crippen LogP contribution in [0.5, 0.6) is 0 Å². The maximum absolute atomic E-state index is 7.65. The zero-order valence-electron chi connectivity index (χ0n) is 2.27. The van der Waals surface area contributed by atoms with Crippen LogP contribution in [0.3, 0.4) is 0 Å². The number of hydrogen-bond donors (Lipinski definition) is 1. The summed E-state index contributed by atoms with van der Waals surface area (Å²) in [5.74, 6) is 0. The van der Waals surface area contributed by atoms with E-state index in [1.54, 1.807) is 0 Å². The fourth-order valence-corrected chi connectivity index (χ4v) is 0. The summed E-state index contributed by atoms with van der Waals surface area (Å²) in [6, 6.07) is 0. The lowest BCUT2D eigenvalue weighted by molar-refractivity contribution is 0.0343. The smallest absolute Gasteiger partial charge is 0.0293 e. The minimum atomic E-state index is 0.472. The van der Waals surface area contributed by atoms with Gasteiger partial charge in [-0.15, -0.1) is 4.58 Å². The van der Waals surface area contributed by atoms with Crippen molar-refractivity contribution in [2.45, 2.75) is 0 Å². The Morgan fingerprint density at radius 2 is 2.00 bits per heavy atom. The number of halogens is 1. The van der Waals surface area contributed by atoms with Crippen LogP contribution < -0.4 is 0 Å². The highest BCUT2D eigenvalue weighted by molar-refractivity contribution is 6.12. The van der Waals surface area contributed by atoms with Crippen LogP contribution in [0, 0.1) is 0 Å². The van der Waals surface area contributed by atoms with Crippen molar-refractivity contribution in [1.82, 2.24) is 4.58 Å². The van der Waals surface area contributed by atoms with Gasteiger partial charge in [0.05, 0.1) is 0 Å². The van der Waals surface area contributed by atoms with Crippen molar-refractivity contribution in [3.8, 4) is 0 Å². The van der Waals surface area contributed by atoms with Crippen molar-refractivity contribution in [3.63, 3.8) is 0 Å². The van der Waals surface area contributed by atoms with Gasteiger partial charge in [0, 0.05) is 18.8 Å². The minimum absolute atomic E-state index is 0.472. The Bertz CT molecular complexity index is 12.8. The lowest BCUT2D eigenvalue weighted by Crippen LogP contribution is -1.91. The molecule has 26 valence electrons. The van der Waals surface area contributed by atoms with E-state index in [0.717, 1.165) is 0 Å². The SMILES string of the molecule is CN(O)Cl. The predicted molar refractivity (Wildman–Crippen MR) is 15.4 cm³/mol. The lowest BCUT2D eigenvalue weighted by Gasteiger charge is -1.83. The highest BCUT2D eigenvalue weighted by atomic mass is 35.5. The molecular formula is CH4ClNO. The number of nitrogens with zero attached hydrogens (tertiary/aromatic N) is 1. The van der Waals surface area contributed by atoms with Crippen LogP contribution in [-0.4, -0.2) is 16.8 Å². The molecule has 0 aliphatic heterocycles. The zero-order valence-corrected chi connectivity index (χ0v) is 3.03. The third kappa shape index (κ3) is 73.4. The number of hydroxylamine groups is 1. The highest BCUT2D eigenvalue weighted by Gasteiger charge is 1.64. The first kappa shape index (κ1) is 4.21. The van der Waals surface area contributed by atoms with Crippen molar-refractivity contribution >= 4 is 11.8 Å². The van der Waals surface area contributed by atoms with Crippen LogP contribution in [0.2, 0.25) is 0 Å². The largest absolute Gasteiger partial charge is 0.299 e. The van der Waals surface area contributed by atoms with Crippen molar-refractivity contribution in [2.24, 2.45) is 0 Å². The van der Waals surface area contributed by atoms with Gasteiger partial charge in [-0.3, -0.25) is 5.21 Å². The molecule has 2 nitrogen and oxygen atoms in total. The van der Waals surface area contributed by atoms with Crippen molar-refractivity contribution < 1.29 is 5.21 Å². The van der Waals surface area contributed by atoms with E-state index in [1.165, 1.54) is 7.05 Å². The molecule has 0 bridgehead atoms. The standard InChI is InChI=1S/CH4ClNO/c1-3(2)4/h4H,1H3. The topological polar surface area (TPSA) is 23.5 Å². The van der Waals surface area contributed by atoms with Gasteiger partial charge < -0.3 is 0 Å². The van der Waals surface area contributed by atoms with Crippen LogP contribution in [0.25, 0.3) is 0 Å². The molecular weight excluding hydrogens is 77.5 g/mol. The number of hydrogen-bond acceptors (Lipinski definition) is 2. The van der Waals surface area contributed by atoms with Gasteiger partial charge in [0.2, 0.25) is 0 Å². The molecule has 0 aromatic rings. The Hall–Kier alpha value is 0.210. The average Bonchev–Trinajstić information content (AvgIpc) is 0.811. The predicted octanol–water partition coefficient (Wildman–Crippen LogP) is 0.461. The van der Waals surface area contributed by atoms with Crippen LogP contribution in [-0.2, 0) is 0 Å².